The van der Waals surface area contributed by atoms with Crippen molar-refractivity contribution in [2.75, 3.05) is 26.0 Å². The van der Waals surface area contributed by atoms with Gasteiger partial charge in [0.25, 0.3) is 0 Å². The molecular formula is C39H45N3O7. The number of urea groups is 1. The summed E-state index contributed by atoms with van der Waals surface area (Å²) in [4.78, 5) is 27.4. The first-order valence-electron chi connectivity index (χ1n) is 16.5. The number of carbonyl (C=O) groups is 2. The highest BCUT2D eigenvalue weighted by atomic mass is 16.7. The van der Waals surface area contributed by atoms with E-state index < -0.39 is 30.4 Å². The summed E-state index contributed by atoms with van der Waals surface area (Å²) in [6.07, 6.45) is -0.968. The molecule has 4 aromatic carbocycles. The third-order valence-electron chi connectivity index (χ3n) is 8.91. The third kappa shape index (κ3) is 9.75. The van der Waals surface area contributed by atoms with Gasteiger partial charge in [-0.25, -0.2) is 9.59 Å². The van der Waals surface area contributed by atoms with Crippen LogP contribution in [0, 0.1) is 0 Å². The first-order chi connectivity index (χ1) is 23.7. The summed E-state index contributed by atoms with van der Waals surface area (Å²) in [5.41, 5.74) is 4.83. The van der Waals surface area contributed by atoms with Crippen molar-refractivity contribution in [1.82, 2.24) is 10.2 Å². The highest BCUT2D eigenvalue weighted by molar-refractivity contribution is 5.92. The number of hydrogen-bond donors (Lipinski definition) is 4. The fraction of sp³-hybridized carbons (Fsp3) is 0.333. The highest BCUT2D eigenvalue weighted by Crippen LogP contribution is 2.38. The Morgan fingerprint density at radius 1 is 0.878 bits per heavy atom. The van der Waals surface area contributed by atoms with Crippen LogP contribution in [0.3, 0.4) is 0 Å². The number of rotatable bonds is 13. The zero-order chi connectivity index (χ0) is 34.8. The molecule has 258 valence electrons. The summed E-state index contributed by atoms with van der Waals surface area (Å²) < 4.78 is 17.9. The van der Waals surface area contributed by atoms with Crippen molar-refractivity contribution in [1.29, 1.82) is 0 Å². The van der Waals surface area contributed by atoms with Crippen LogP contribution in [-0.4, -0.2) is 66.0 Å². The monoisotopic (exact) mass is 667 g/mol. The van der Waals surface area contributed by atoms with Crippen molar-refractivity contribution < 1.29 is 34.0 Å². The van der Waals surface area contributed by atoms with Gasteiger partial charge < -0.3 is 35.1 Å². The fourth-order valence-electron chi connectivity index (χ4n) is 5.92. The molecule has 0 aromatic heterocycles. The molecule has 0 radical (unpaired) electrons. The van der Waals surface area contributed by atoms with Gasteiger partial charge in [0.05, 0.1) is 32.0 Å². The minimum atomic E-state index is -0.856. The Bertz CT molecular complexity index is 1620. The Balaban J connectivity index is 1.27. The molecule has 0 bridgehead atoms. The molecule has 10 heteroatoms. The van der Waals surface area contributed by atoms with Crippen molar-refractivity contribution in [3.63, 3.8) is 0 Å². The number of hydrogen-bond acceptors (Lipinski definition) is 8. The van der Waals surface area contributed by atoms with Gasteiger partial charge in [-0.3, -0.25) is 4.90 Å². The number of nitrogens with one attached hydrogen (secondary N) is 2. The van der Waals surface area contributed by atoms with Gasteiger partial charge in [-0.1, -0.05) is 97.1 Å². The molecule has 4 N–H and O–H groups in total. The van der Waals surface area contributed by atoms with Gasteiger partial charge in [0, 0.05) is 36.7 Å². The molecular weight excluding hydrogens is 622 g/mol. The van der Waals surface area contributed by atoms with E-state index >= 15 is 0 Å². The van der Waals surface area contributed by atoms with Crippen LogP contribution in [0.15, 0.2) is 109 Å². The van der Waals surface area contributed by atoms with E-state index in [-0.39, 0.29) is 24.9 Å². The van der Waals surface area contributed by atoms with Gasteiger partial charge in [-0.05, 0) is 48.4 Å². The lowest BCUT2D eigenvalue weighted by Gasteiger charge is -2.39. The van der Waals surface area contributed by atoms with E-state index in [0.29, 0.717) is 25.1 Å². The second-order valence-corrected chi connectivity index (χ2v) is 12.4. The molecule has 10 nitrogen and oxygen atoms in total. The Hall–Kier alpha value is -4.58. The Morgan fingerprint density at radius 3 is 2.14 bits per heavy atom. The number of aliphatic hydroxyl groups is 2. The zero-order valence-electron chi connectivity index (χ0n) is 28.1. The lowest BCUT2D eigenvalue weighted by molar-refractivity contribution is -0.253. The van der Waals surface area contributed by atoms with Crippen LogP contribution in [0.4, 0.5) is 10.5 Å². The molecule has 0 spiro atoms. The maximum absolute atomic E-state index is 12.9. The van der Waals surface area contributed by atoms with E-state index in [1.165, 1.54) is 7.11 Å². The van der Waals surface area contributed by atoms with E-state index in [2.05, 4.69) is 15.5 Å². The number of nitrogens with zero attached hydrogens (tertiary/aromatic N) is 1. The molecule has 2 amide bonds. The van der Waals surface area contributed by atoms with Crippen LogP contribution in [0.5, 0.6) is 0 Å². The van der Waals surface area contributed by atoms with Gasteiger partial charge >= 0.3 is 12.0 Å². The first-order valence-corrected chi connectivity index (χ1v) is 16.5. The molecule has 4 aromatic rings. The van der Waals surface area contributed by atoms with Gasteiger partial charge in [-0.2, -0.15) is 0 Å². The molecule has 0 aliphatic carbocycles. The smallest absolute Gasteiger partial charge is 0.328 e. The van der Waals surface area contributed by atoms with Crippen molar-refractivity contribution in [3.05, 3.63) is 137 Å². The summed E-state index contributed by atoms with van der Waals surface area (Å²) in [7, 11) is 3.27. The quantitative estimate of drug-likeness (QED) is 0.134. The maximum Gasteiger partial charge on any atom is 0.328 e. The molecule has 0 unspecified atom stereocenters. The molecule has 49 heavy (non-hydrogen) atoms. The van der Waals surface area contributed by atoms with Gasteiger partial charge in [0.1, 0.15) is 6.04 Å². The number of amides is 2. The van der Waals surface area contributed by atoms with Crippen LogP contribution in [0.2, 0.25) is 0 Å². The van der Waals surface area contributed by atoms with Crippen LogP contribution < -0.4 is 10.6 Å². The predicted octanol–water partition coefficient (Wildman–Crippen LogP) is 5.68. The van der Waals surface area contributed by atoms with Crippen LogP contribution >= 0.6 is 0 Å². The zero-order valence-corrected chi connectivity index (χ0v) is 28.1. The average molecular weight is 668 g/mol. The van der Waals surface area contributed by atoms with E-state index in [1.54, 1.807) is 12.1 Å². The Labute approximate surface area is 287 Å². The molecule has 1 aliphatic heterocycles. The summed E-state index contributed by atoms with van der Waals surface area (Å²) in [5, 5.41) is 26.1. The number of ether oxygens (including phenoxy) is 3. The SMILES string of the molecule is COC(=O)[C@H](Cc1ccccc1)NC(=O)Nc1ccc([C@@H]2O[C@H](CN(C)[C@@H](C)[C@H](O)c3ccccc3)C[C@H](c3ccc(CO)cc3)O2)cc1. The summed E-state index contributed by atoms with van der Waals surface area (Å²) in [6.45, 7) is 2.51. The fourth-order valence-corrected chi connectivity index (χ4v) is 5.92. The number of benzene rings is 4. The number of esters is 1. The second kappa shape index (κ2) is 17.2. The normalized spacial score (nSPS) is 19.4. The van der Waals surface area contributed by atoms with Gasteiger partial charge in [-0.15, -0.1) is 0 Å². The highest BCUT2D eigenvalue weighted by Gasteiger charge is 2.34. The number of likely N-dealkylation sites (N-methyl/N-ethyl adjacent to an activating group) is 1. The number of aliphatic hydroxyl groups excluding tert-OH is 2. The van der Waals surface area contributed by atoms with Gasteiger partial charge in [0.15, 0.2) is 6.29 Å². The second-order valence-electron chi connectivity index (χ2n) is 12.4. The van der Waals surface area contributed by atoms with Crippen molar-refractivity contribution in [3.8, 4) is 0 Å². The minimum Gasteiger partial charge on any atom is -0.467 e. The molecule has 1 saturated heterocycles. The molecule has 1 heterocycles. The Kier molecular flexibility index (Phi) is 12.5. The number of methoxy groups -OCH3 is 1. The van der Waals surface area contributed by atoms with Crippen molar-refractivity contribution in [2.45, 2.75) is 63.1 Å². The van der Waals surface area contributed by atoms with E-state index in [0.717, 1.165) is 27.8 Å². The molecule has 6 atom stereocenters. The molecule has 1 fully saturated rings. The lowest BCUT2D eigenvalue weighted by atomic mass is 9.98. The molecule has 0 saturated carbocycles. The summed E-state index contributed by atoms with van der Waals surface area (Å²) in [6, 6.07) is 32.3. The minimum absolute atomic E-state index is 0.0403. The predicted molar refractivity (Wildman–Crippen MR) is 186 cm³/mol. The number of anilines is 1. The topological polar surface area (TPSA) is 130 Å². The van der Waals surface area contributed by atoms with Crippen LogP contribution in [0.1, 0.15) is 59.7 Å². The van der Waals surface area contributed by atoms with Crippen molar-refractivity contribution in [2.24, 2.45) is 0 Å². The maximum atomic E-state index is 12.9. The Morgan fingerprint density at radius 2 is 1.51 bits per heavy atom. The summed E-state index contributed by atoms with van der Waals surface area (Å²) >= 11 is 0. The van der Waals surface area contributed by atoms with Crippen LogP contribution in [0.25, 0.3) is 0 Å². The van der Waals surface area contributed by atoms with E-state index in [9.17, 15) is 19.8 Å². The van der Waals surface area contributed by atoms with Crippen LogP contribution in [-0.2, 0) is 32.0 Å². The molecule has 5 rings (SSSR count). The summed E-state index contributed by atoms with van der Waals surface area (Å²) in [5.74, 6) is -0.536. The average Bonchev–Trinajstić information content (AvgIpc) is 3.14. The van der Waals surface area contributed by atoms with Crippen molar-refractivity contribution >= 4 is 17.7 Å². The third-order valence-corrected chi connectivity index (χ3v) is 8.91. The van der Waals surface area contributed by atoms with E-state index in [1.807, 2.05) is 111 Å². The molecule has 1 aliphatic rings. The van der Waals surface area contributed by atoms with E-state index in [4.69, 9.17) is 14.2 Å². The standard InChI is InChI=1S/C39H45N3O7/c1-26(36(44)30-12-8-5-9-13-30)42(2)24-33-23-35(29-16-14-28(25-43)15-17-29)49-38(48-33)31-18-20-32(21-19-31)40-39(46)41-34(37(45)47-3)22-27-10-6-4-7-11-27/h4-21,26,33-36,38,43-44H,22-25H2,1-3H3,(H2,40,41,46)/t26-,33-,34-,35+,36-,38+/m0/s1. The number of carbonyl (C=O) groups excluding carboxylic acids is 2. The van der Waals surface area contributed by atoms with Gasteiger partial charge in [0.2, 0.25) is 0 Å². The first kappa shape index (κ1) is 35.7. The largest absolute Gasteiger partial charge is 0.467 e. The lowest BCUT2D eigenvalue weighted by Crippen LogP contribution is -2.45.